The second-order valence-corrected chi connectivity index (χ2v) is 1.19. The average molecular weight is 288 g/mol. The van der Waals surface area contributed by atoms with Gasteiger partial charge in [0.25, 0.3) is 0 Å². The number of rotatable bonds is 2. The fourth-order valence-electron chi connectivity index (χ4n) is 0.0645. The second-order valence-electron chi connectivity index (χ2n) is 0.781. The predicted molar refractivity (Wildman–Crippen MR) is 23.9 cm³/mol. The van der Waals surface area contributed by atoms with Crippen molar-refractivity contribution in [3.63, 3.8) is 0 Å². The van der Waals surface area contributed by atoms with Crippen molar-refractivity contribution in [2.45, 2.75) is 6.42 Å². The van der Waals surface area contributed by atoms with Gasteiger partial charge in [-0.05, 0) is 0 Å². The monoisotopic (exact) mass is 288 g/mol. The Bertz CT molecular complexity index is 18.3. The van der Waals surface area contributed by atoms with E-state index in [2.05, 4.69) is 12.6 Å². The largest absolute Gasteiger partial charge is 1.00 e. The van der Waals surface area contributed by atoms with Crippen molar-refractivity contribution in [2.75, 3.05) is 12.4 Å². The minimum absolute atomic E-state index is 0. The molecule has 0 bridgehead atoms. The third-order valence-corrected chi connectivity index (χ3v) is 0.591. The van der Waals surface area contributed by atoms with Gasteiger partial charge in [-0.25, -0.2) is 0 Å². The van der Waals surface area contributed by atoms with Crippen molar-refractivity contribution in [1.82, 2.24) is 0 Å². The van der Waals surface area contributed by atoms with Crippen molar-refractivity contribution < 1.29 is 27.5 Å². The van der Waals surface area contributed by atoms with Crippen LogP contribution in [0.1, 0.15) is 6.42 Å². The summed E-state index contributed by atoms with van der Waals surface area (Å²) in [7, 11) is 0. The molecular weight excluding hydrogens is 281 g/mol. The van der Waals surface area contributed by atoms with Gasteiger partial charge in [-0.1, -0.05) is 6.42 Å². The van der Waals surface area contributed by atoms with Crippen molar-refractivity contribution in [3.05, 3.63) is 0 Å². The standard InChI is InChI=1S/C3H8OS.Au/c4-2-1-3-5;/h4-5H,1-3H2;/q;+1/p-1. The quantitative estimate of drug-likeness (QED) is 0.566. The summed E-state index contributed by atoms with van der Waals surface area (Å²) in [6.45, 7) is 0.240. The Morgan fingerprint density at radius 3 is 2.00 bits per heavy atom. The maximum absolute atomic E-state index is 8.00. The molecule has 1 N–H and O–H groups in total. The molecule has 0 unspecified atom stereocenters. The summed E-state index contributed by atoms with van der Waals surface area (Å²) in [5.41, 5.74) is 0. The number of hydrogen-bond acceptors (Lipinski definition) is 2. The molecule has 0 aliphatic carbocycles. The first-order valence-corrected chi connectivity index (χ1v) is 2.18. The molecule has 0 aliphatic rings. The molecule has 0 aromatic heterocycles. The Kier molecular flexibility index (Phi) is 15.9. The maximum Gasteiger partial charge on any atom is 1.00 e. The molecule has 0 amide bonds. The molecule has 0 saturated carbocycles. The van der Waals surface area contributed by atoms with Crippen molar-refractivity contribution in [1.29, 1.82) is 0 Å². The zero-order chi connectivity index (χ0) is 4.12. The molecule has 0 radical (unpaired) electrons. The van der Waals surface area contributed by atoms with Crippen LogP contribution in [0, 0.1) is 0 Å². The molecule has 1 nitrogen and oxygen atoms in total. The van der Waals surface area contributed by atoms with Crippen LogP contribution in [0.3, 0.4) is 0 Å². The van der Waals surface area contributed by atoms with Gasteiger partial charge in [-0.15, -0.1) is 0 Å². The molecule has 3 heteroatoms. The molecule has 6 heavy (non-hydrogen) atoms. The van der Waals surface area contributed by atoms with Crippen molar-refractivity contribution in [3.8, 4) is 0 Å². The van der Waals surface area contributed by atoms with Crippen LogP contribution < -0.4 is 0 Å². The van der Waals surface area contributed by atoms with Crippen LogP contribution in [-0.4, -0.2) is 17.5 Å². The van der Waals surface area contributed by atoms with E-state index < -0.39 is 0 Å². The van der Waals surface area contributed by atoms with Crippen LogP contribution in [0.2, 0.25) is 0 Å². The third kappa shape index (κ3) is 8.90. The Labute approximate surface area is 59.1 Å². The van der Waals surface area contributed by atoms with Crippen LogP contribution in [0.4, 0.5) is 0 Å². The summed E-state index contributed by atoms with van der Waals surface area (Å²) in [5.74, 6) is 0.677. The molecular formula is C3H7AuOS. The summed E-state index contributed by atoms with van der Waals surface area (Å²) in [4.78, 5) is 0. The summed E-state index contributed by atoms with van der Waals surface area (Å²) < 4.78 is 0. The smallest absolute Gasteiger partial charge is 0.793 e. The van der Waals surface area contributed by atoms with Gasteiger partial charge in [0, 0.05) is 6.61 Å². The third-order valence-electron chi connectivity index (χ3n) is 0.302. The maximum atomic E-state index is 8.00. The number of aliphatic hydroxyl groups excluding tert-OH is 1. The fraction of sp³-hybridized carbons (Fsp3) is 1.00. The Morgan fingerprint density at radius 2 is 2.00 bits per heavy atom. The van der Waals surface area contributed by atoms with E-state index in [-0.39, 0.29) is 29.0 Å². The Balaban J connectivity index is 0. The number of hydrogen-bond donors (Lipinski definition) is 1. The normalized spacial score (nSPS) is 7.00. The SMILES string of the molecule is OCCC[S-].[Au+]. The van der Waals surface area contributed by atoms with E-state index in [9.17, 15) is 0 Å². The van der Waals surface area contributed by atoms with E-state index in [1.807, 2.05) is 0 Å². The predicted octanol–water partition coefficient (Wildman–Crippen LogP) is -0.0868. The molecule has 0 aromatic rings. The second kappa shape index (κ2) is 9.41. The molecule has 0 rings (SSSR count). The Hall–Kier alpha value is 1.05. The van der Waals surface area contributed by atoms with Crippen molar-refractivity contribution >= 4 is 12.6 Å². The van der Waals surface area contributed by atoms with Crippen LogP contribution in [0.15, 0.2) is 0 Å². The van der Waals surface area contributed by atoms with Gasteiger partial charge in [-0.3, -0.25) is 0 Å². The molecule has 0 fully saturated rings. The molecule has 0 atom stereocenters. The topological polar surface area (TPSA) is 20.2 Å². The summed E-state index contributed by atoms with van der Waals surface area (Å²) in [6, 6.07) is 0. The summed E-state index contributed by atoms with van der Waals surface area (Å²) in [6.07, 6.45) is 0.759. The van der Waals surface area contributed by atoms with Gasteiger partial charge in [0.05, 0.1) is 0 Å². The zero-order valence-electron chi connectivity index (χ0n) is 3.28. The van der Waals surface area contributed by atoms with E-state index in [4.69, 9.17) is 5.11 Å². The fourth-order valence-corrected chi connectivity index (χ4v) is 0.194. The van der Waals surface area contributed by atoms with Crippen LogP contribution in [0.25, 0.3) is 0 Å². The van der Waals surface area contributed by atoms with E-state index in [0.717, 1.165) is 6.42 Å². The van der Waals surface area contributed by atoms with Gasteiger partial charge in [0.15, 0.2) is 0 Å². The molecule has 0 aromatic carbocycles. The minimum atomic E-state index is 0. The van der Waals surface area contributed by atoms with Crippen LogP contribution in [-0.2, 0) is 35.0 Å². The molecule has 0 aliphatic heterocycles. The van der Waals surface area contributed by atoms with Crippen molar-refractivity contribution in [2.24, 2.45) is 0 Å². The first-order valence-electron chi connectivity index (χ1n) is 1.60. The number of aliphatic hydroxyl groups is 1. The molecule has 42 valence electrons. The van der Waals surface area contributed by atoms with Gasteiger partial charge in [0.2, 0.25) is 0 Å². The first kappa shape index (κ1) is 10.1. The molecule has 0 spiro atoms. The average Bonchev–Trinajstić information content (AvgIpc) is 1.41. The summed E-state index contributed by atoms with van der Waals surface area (Å²) in [5, 5.41) is 8.00. The van der Waals surface area contributed by atoms with E-state index in [0.29, 0.717) is 5.75 Å². The van der Waals surface area contributed by atoms with E-state index in [1.54, 1.807) is 0 Å². The van der Waals surface area contributed by atoms with Gasteiger partial charge in [-0.2, -0.15) is 5.75 Å². The molecule has 0 heterocycles. The van der Waals surface area contributed by atoms with E-state index in [1.165, 1.54) is 0 Å². The zero-order valence-corrected chi connectivity index (χ0v) is 6.26. The first-order chi connectivity index (χ1) is 2.41. The minimum Gasteiger partial charge on any atom is -0.793 e. The molecule has 0 saturated heterocycles. The van der Waals surface area contributed by atoms with Gasteiger partial charge in [0.1, 0.15) is 0 Å². The van der Waals surface area contributed by atoms with Gasteiger partial charge >= 0.3 is 22.4 Å². The van der Waals surface area contributed by atoms with Gasteiger partial charge < -0.3 is 17.7 Å². The van der Waals surface area contributed by atoms with Crippen LogP contribution in [0.5, 0.6) is 0 Å². The van der Waals surface area contributed by atoms with E-state index >= 15 is 0 Å². The Morgan fingerprint density at radius 1 is 1.50 bits per heavy atom. The van der Waals surface area contributed by atoms with Crippen LogP contribution >= 0.6 is 0 Å². The summed E-state index contributed by atoms with van der Waals surface area (Å²) >= 11 is 4.49.